The molecule has 0 bridgehead atoms. The minimum atomic E-state index is -3.34. The summed E-state index contributed by atoms with van der Waals surface area (Å²) in [5.41, 5.74) is 0.923. The van der Waals surface area contributed by atoms with Gasteiger partial charge in [-0.25, -0.2) is 8.42 Å². The topological polar surface area (TPSA) is 77.9 Å². The molecule has 0 aromatic heterocycles. The largest absolute Gasteiger partial charge is 0.480 e. The highest BCUT2D eigenvalue weighted by molar-refractivity contribution is 7.88. The molecule has 1 aliphatic rings. The van der Waals surface area contributed by atoms with Crippen LogP contribution in [0.2, 0.25) is 0 Å². The minimum Gasteiger partial charge on any atom is -0.480 e. The Morgan fingerprint density at radius 3 is 2.61 bits per heavy atom. The number of carboxylic acid groups (broad SMARTS) is 1. The van der Waals surface area contributed by atoms with E-state index in [1.807, 2.05) is 35.2 Å². The molecule has 1 N–H and O–H groups in total. The maximum Gasteiger partial charge on any atom is 0.320 e. The molecule has 1 aliphatic heterocycles. The third-order valence-electron chi connectivity index (χ3n) is 4.21. The molecule has 0 amide bonds. The Kier molecular flexibility index (Phi) is 6.15. The molecule has 1 aromatic rings. The van der Waals surface area contributed by atoms with Crippen molar-refractivity contribution in [1.29, 1.82) is 0 Å². The summed E-state index contributed by atoms with van der Waals surface area (Å²) in [5, 5.41) is 9.30. The van der Waals surface area contributed by atoms with E-state index in [0.717, 1.165) is 18.4 Å². The summed E-state index contributed by atoms with van der Waals surface area (Å²) in [5.74, 6) is -0.821. The summed E-state index contributed by atoms with van der Waals surface area (Å²) in [6.45, 7) is 1.76. The number of aliphatic carboxylic acids is 1. The maximum absolute atomic E-state index is 12.0. The fraction of sp³-hybridized carbons (Fsp3) is 0.562. The van der Waals surface area contributed by atoms with E-state index in [0.29, 0.717) is 32.6 Å². The van der Waals surface area contributed by atoms with Crippen molar-refractivity contribution in [2.75, 3.05) is 25.9 Å². The highest BCUT2D eigenvalue weighted by Gasteiger charge is 2.29. The van der Waals surface area contributed by atoms with Crippen LogP contribution in [-0.2, 0) is 21.4 Å². The molecule has 1 saturated heterocycles. The fourth-order valence-electron chi connectivity index (χ4n) is 2.93. The Bertz CT molecular complexity index is 618. The van der Waals surface area contributed by atoms with Crippen LogP contribution in [0.5, 0.6) is 0 Å². The molecule has 1 unspecified atom stereocenters. The molecule has 23 heavy (non-hydrogen) atoms. The summed E-state index contributed by atoms with van der Waals surface area (Å²) in [6.07, 6.45) is 3.70. The predicted octanol–water partition coefficient (Wildman–Crippen LogP) is 1.39. The SMILES string of the molecule is CS(=O)(=O)N(CCN1CCCCC1C(=O)O)Cc1ccccc1. The van der Waals surface area contributed by atoms with E-state index in [4.69, 9.17) is 0 Å². The Labute approximate surface area is 137 Å². The van der Waals surface area contributed by atoms with Crippen molar-refractivity contribution in [3.8, 4) is 0 Å². The van der Waals surface area contributed by atoms with Crippen molar-refractivity contribution < 1.29 is 18.3 Å². The predicted molar refractivity (Wildman–Crippen MR) is 88.5 cm³/mol. The quantitative estimate of drug-likeness (QED) is 0.811. The van der Waals surface area contributed by atoms with Crippen molar-refractivity contribution >= 4 is 16.0 Å². The van der Waals surface area contributed by atoms with Gasteiger partial charge in [0.1, 0.15) is 6.04 Å². The van der Waals surface area contributed by atoms with Crippen LogP contribution in [0.3, 0.4) is 0 Å². The van der Waals surface area contributed by atoms with Gasteiger partial charge in [0.05, 0.1) is 6.26 Å². The van der Waals surface area contributed by atoms with Crippen LogP contribution in [0, 0.1) is 0 Å². The summed E-state index contributed by atoms with van der Waals surface area (Å²) in [7, 11) is -3.34. The summed E-state index contributed by atoms with van der Waals surface area (Å²) in [4.78, 5) is 13.2. The van der Waals surface area contributed by atoms with Crippen LogP contribution in [0.15, 0.2) is 30.3 Å². The van der Waals surface area contributed by atoms with Gasteiger partial charge in [0.15, 0.2) is 0 Å². The molecule has 2 rings (SSSR count). The normalized spacial score (nSPS) is 19.8. The first-order valence-corrected chi connectivity index (χ1v) is 9.68. The van der Waals surface area contributed by atoms with Crippen LogP contribution < -0.4 is 0 Å². The molecule has 128 valence electrons. The third-order valence-corrected chi connectivity index (χ3v) is 5.46. The number of carboxylic acids is 1. The summed E-state index contributed by atoms with van der Waals surface area (Å²) >= 11 is 0. The minimum absolute atomic E-state index is 0.303. The van der Waals surface area contributed by atoms with E-state index in [2.05, 4.69) is 0 Å². The van der Waals surface area contributed by atoms with Gasteiger partial charge in [0.25, 0.3) is 0 Å². The van der Waals surface area contributed by atoms with E-state index in [1.165, 1.54) is 10.6 Å². The van der Waals surface area contributed by atoms with Gasteiger partial charge in [0.2, 0.25) is 10.0 Å². The lowest BCUT2D eigenvalue weighted by Crippen LogP contribution is -2.48. The number of rotatable bonds is 7. The van der Waals surface area contributed by atoms with Crippen molar-refractivity contribution in [3.05, 3.63) is 35.9 Å². The summed E-state index contributed by atoms with van der Waals surface area (Å²) < 4.78 is 25.4. The van der Waals surface area contributed by atoms with Gasteiger partial charge in [0, 0.05) is 19.6 Å². The molecule has 6 nitrogen and oxygen atoms in total. The Morgan fingerprint density at radius 2 is 2.00 bits per heavy atom. The number of carbonyl (C=O) groups is 1. The van der Waals surface area contributed by atoms with Crippen LogP contribution >= 0.6 is 0 Å². The number of piperidine rings is 1. The van der Waals surface area contributed by atoms with Crippen molar-refractivity contribution in [2.45, 2.75) is 31.8 Å². The van der Waals surface area contributed by atoms with E-state index in [-0.39, 0.29) is 0 Å². The van der Waals surface area contributed by atoms with Gasteiger partial charge in [-0.05, 0) is 24.9 Å². The Balaban J connectivity index is 2.02. The zero-order chi connectivity index (χ0) is 16.9. The first-order chi connectivity index (χ1) is 10.9. The Hall–Kier alpha value is -1.44. The van der Waals surface area contributed by atoms with Crippen LogP contribution in [0.25, 0.3) is 0 Å². The van der Waals surface area contributed by atoms with Gasteiger partial charge >= 0.3 is 5.97 Å². The number of nitrogens with zero attached hydrogens (tertiary/aromatic N) is 2. The monoisotopic (exact) mass is 340 g/mol. The van der Waals surface area contributed by atoms with Gasteiger partial charge in [-0.3, -0.25) is 9.69 Å². The highest BCUT2D eigenvalue weighted by atomic mass is 32.2. The number of hydrogen-bond acceptors (Lipinski definition) is 4. The standard InChI is InChI=1S/C16H24N2O4S/c1-23(21,22)18(13-14-7-3-2-4-8-14)12-11-17-10-6-5-9-15(17)16(19)20/h2-4,7-8,15H,5-6,9-13H2,1H3,(H,19,20). The lowest BCUT2D eigenvalue weighted by Gasteiger charge is -2.34. The molecule has 1 atom stereocenters. The van der Waals surface area contributed by atoms with Gasteiger partial charge in [-0.15, -0.1) is 0 Å². The van der Waals surface area contributed by atoms with Crippen LogP contribution in [-0.4, -0.2) is 60.6 Å². The molecule has 7 heteroatoms. The van der Waals surface area contributed by atoms with Crippen molar-refractivity contribution in [1.82, 2.24) is 9.21 Å². The van der Waals surface area contributed by atoms with Crippen molar-refractivity contribution in [2.24, 2.45) is 0 Å². The second kappa shape index (κ2) is 7.90. The van der Waals surface area contributed by atoms with E-state index in [9.17, 15) is 18.3 Å². The number of benzene rings is 1. The second-order valence-corrected chi connectivity index (χ2v) is 7.95. The van der Waals surface area contributed by atoms with Gasteiger partial charge < -0.3 is 5.11 Å². The Morgan fingerprint density at radius 1 is 1.30 bits per heavy atom. The van der Waals surface area contributed by atoms with E-state index >= 15 is 0 Å². The average Bonchev–Trinajstić information content (AvgIpc) is 2.51. The maximum atomic E-state index is 12.0. The van der Waals surface area contributed by atoms with E-state index < -0.39 is 22.0 Å². The lowest BCUT2D eigenvalue weighted by molar-refractivity contribution is -0.144. The molecule has 0 radical (unpaired) electrons. The molecule has 0 aliphatic carbocycles. The smallest absolute Gasteiger partial charge is 0.320 e. The van der Waals surface area contributed by atoms with Crippen LogP contribution in [0.4, 0.5) is 0 Å². The molecule has 1 fully saturated rings. The molecule has 1 aromatic carbocycles. The van der Waals surface area contributed by atoms with E-state index in [1.54, 1.807) is 0 Å². The van der Waals surface area contributed by atoms with Crippen LogP contribution in [0.1, 0.15) is 24.8 Å². The molecular formula is C16H24N2O4S. The highest BCUT2D eigenvalue weighted by Crippen LogP contribution is 2.17. The van der Waals surface area contributed by atoms with Gasteiger partial charge in [-0.1, -0.05) is 36.8 Å². The second-order valence-electron chi connectivity index (χ2n) is 5.97. The number of hydrogen-bond donors (Lipinski definition) is 1. The first-order valence-electron chi connectivity index (χ1n) is 7.84. The number of sulfonamides is 1. The lowest BCUT2D eigenvalue weighted by atomic mass is 10.0. The molecule has 1 heterocycles. The van der Waals surface area contributed by atoms with Crippen molar-refractivity contribution in [3.63, 3.8) is 0 Å². The fourth-order valence-corrected chi connectivity index (χ4v) is 3.72. The molecule has 0 saturated carbocycles. The zero-order valence-electron chi connectivity index (χ0n) is 13.4. The summed E-state index contributed by atoms with van der Waals surface area (Å²) in [6, 6.07) is 8.92. The average molecular weight is 340 g/mol. The zero-order valence-corrected chi connectivity index (χ0v) is 14.2. The molecular weight excluding hydrogens is 316 g/mol. The first kappa shape index (κ1) is 17.9. The van der Waals surface area contributed by atoms with Gasteiger partial charge in [-0.2, -0.15) is 4.31 Å². The number of likely N-dealkylation sites (tertiary alicyclic amines) is 1. The third kappa shape index (κ3) is 5.30. The molecule has 0 spiro atoms.